The van der Waals surface area contributed by atoms with Crippen molar-refractivity contribution in [3.05, 3.63) is 131 Å². The molecule has 5 heteroatoms. The quantitative estimate of drug-likeness (QED) is 0.388. The molecule has 0 spiro atoms. The number of benzene rings is 4. The van der Waals surface area contributed by atoms with Crippen LogP contribution in [0.25, 0.3) is 0 Å². The summed E-state index contributed by atoms with van der Waals surface area (Å²) in [4.78, 5) is 27.5. The lowest BCUT2D eigenvalue weighted by Gasteiger charge is -2.23. The first kappa shape index (κ1) is 22.0. The highest BCUT2D eigenvalue weighted by atomic mass is 19.1. The van der Waals surface area contributed by atoms with Gasteiger partial charge in [0.05, 0.1) is 6.54 Å². The number of hydrogen-bond acceptors (Lipinski definition) is 2. The van der Waals surface area contributed by atoms with E-state index in [2.05, 4.69) is 5.32 Å². The van der Waals surface area contributed by atoms with Crippen LogP contribution < -0.4 is 10.2 Å². The van der Waals surface area contributed by atoms with E-state index in [-0.39, 0.29) is 17.6 Å². The van der Waals surface area contributed by atoms with Crippen molar-refractivity contribution in [1.29, 1.82) is 0 Å². The summed E-state index contributed by atoms with van der Waals surface area (Å²) in [5.74, 6) is -0.786. The van der Waals surface area contributed by atoms with Crippen molar-refractivity contribution in [1.82, 2.24) is 0 Å². The second-order valence-corrected chi connectivity index (χ2v) is 7.70. The van der Waals surface area contributed by atoms with Gasteiger partial charge in [-0.15, -0.1) is 0 Å². The zero-order valence-corrected chi connectivity index (χ0v) is 18.2. The summed E-state index contributed by atoms with van der Waals surface area (Å²) in [6, 6.07) is 29.6. The van der Waals surface area contributed by atoms with Gasteiger partial charge in [0.2, 0.25) is 0 Å². The summed E-state index contributed by atoms with van der Waals surface area (Å²) in [7, 11) is 0. The van der Waals surface area contributed by atoms with Crippen LogP contribution in [0.5, 0.6) is 0 Å². The summed E-state index contributed by atoms with van der Waals surface area (Å²) < 4.78 is 13.5. The van der Waals surface area contributed by atoms with Crippen LogP contribution in [-0.2, 0) is 6.54 Å². The largest absolute Gasteiger partial charge is 0.322 e. The molecule has 33 heavy (non-hydrogen) atoms. The fraction of sp³-hybridized carbons (Fsp3) is 0.0714. The summed E-state index contributed by atoms with van der Waals surface area (Å²) in [5.41, 5.74) is 4.10. The van der Waals surface area contributed by atoms with E-state index >= 15 is 0 Å². The molecule has 1 N–H and O–H groups in total. The lowest BCUT2D eigenvalue weighted by molar-refractivity contribution is 0.0984. The van der Waals surface area contributed by atoms with E-state index in [4.69, 9.17) is 0 Å². The Morgan fingerprint density at radius 2 is 1.42 bits per heavy atom. The molecule has 0 bridgehead atoms. The molecule has 0 saturated heterocycles. The number of nitrogens with one attached hydrogen (secondary N) is 1. The van der Waals surface area contributed by atoms with Crippen LogP contribution in [-0.4, -0.2) is 11.8 Å². The standard InChI is InChI=1S/C28H23FN2O2/c1-20-7-5-6-10-26(20)27(32)30-24-15-11-22(12-16-24)28(33)31(19-21-8-3-2-4-9-21)25-17-13-23(29)14-18-25/h2-18H,19H2,1H3,(H,30,32). The Labute approximate surface area is 192 Å². The molecule has 4 aromatic rings. The van der Waals surface area contributed by atoms with Gasteiger partial charge >= 0.3 is 0 Å². The molecule has 0 atom stereocenters. The van der Waals surface area contributed by atoms with Crippen molar-refractivity contribution in [2.75, 3.05) is 10.2 Å². The van der Waals surface area contributed by atoms with E-state index in [1.807, 2.05) is 55.5 Å². The molecular weight excluding hydrogens is 415 g/mol. The minimum atomic E-state index is -0.361. The van der Waals surface area contributed by atoms with Gasteiger partial charge < -0.3 is 10.2 Å². The van der Waals surface area contributed by atoms with Gasteiger partial charge in [0.15, 0.2) is 0 Å². The molecule has 0 saturated carbocycles. The molecule has 0 heterocycles. The predicted octanol–water partition coefficient (Wildman–Crippen LogP) is 6.23. The highest BCUT2D eigenvalue weighted by Crippen LogP contribution is 2.22. The average Bonchev–Trinajstić information content (AvgIpc) is 2.84. The van der Waals surface area contributed by atoms with Gasteiger partial charge in [-0.25, -0.2) is 4.39 Å². The van der Waals surface area contributed by atoms with E-state index in [9.17, 15) is 14.0 Å². The van der Waals surface area contributed by atoms with E-state index < -0.39 is 0 Å². The van der Waals surface area contributed by atoms with Gasteiger partial charge in [0.1, 0.15) is 5.82 Å². The summed E-state index contributed by atoms with van der Waals surface area (Å²) >= 11 is 0. The number of hydrogen-bond donors (Lipinski definition) is 1. The molecule has 0 unspecified atom stereocenters. The molecule has 2 amide bonds. The molecule has 164 valence electrons. The molecule has 0 fully saturated rings. The normalized spacial score (nSPS) is 10.5. The molecule has 0 aliphatic heterocycles. The maximum absolute atomic E-state index is 13.5. The van der Waals surface area contributed by atoms with Crippen LogP contribution in [0.1, 0.15) is 31.8 Å². The van der Waals surface area contributed by atoms with Crippen LogP contribution in [0.4, 0.5) is 15.8 Å². The number of anilines is 2. The van der Waals surface area contributed by atoms with Crippen LogP contribution in [0.3, 0.4) is 0 Å². The number of nitrogens with zero attached hydrogens (tertiary/aromatic N) is 1. The van der Waals surface area contributed by atoms with Gasteiger partial charge in [-0.1, -0.05) is 48.5 Å². The van der Waals surface area contributed by atoms with Gasteiger partial charge in [-0.3, -0.25) is 9.59 Å². The topological polar surface area (TPSA) is 49.4 Å². The zero-order chi connectivity index (χ0) is 23.2. The fourth-order valence-corrected chi connectivity index (χ4v) is 3.55. The summed E-state index contributed by atoms with van der Waals surface area (Å²) in [5, 5.41) is 2.87. The van der Waals surface area contributed by atoms with E-state index in [0.717, 1.165) is 11.1 Å². The fourth-order valence-electron chi connectivity index (χ4n) is 3.55. The Bertz CT molecular complexity index is 1250. The number of aryl methyl sites for hydroxylation is 1. The van der Waals surface area contributed by atoms with Crippen LogP contribution in [0.15, 0.2) is 103 Å². The molecule has 0 aromatic heterocycles. The van der Waals surface area contributed by atoms with Gasteiger partial charge in [0, 0.05) is 22.5 Å². The highest BCUT2D eigenvalue weighted by Gasteiger charge is 2.19. The van der Waals surface area contributed by atoms with Crippen LogP contribution in [0.2, 0.25) is 0 Å². The number of amides is 2. The third kappa shape index (κ3) is 5.33. The molecule has 4 rings (SSSR count). The third-order valence-electron chi connectivity index (χ3n) is 5.35. The second kappa shape index (κ2) is 9.92. The maximum atomic E-state index is 13.5. The molecule has 0 radical (unpaired) electrons. The number of halogens is 1. The first-order valence-electron chi connectivity index (χ1n) is 10.6. The Morgan fingerprint density at radius 3 is 2.09 bits per heavy atom. The number of carbonyl (C=O) groups is 2. The van der Waals surface area contributed by atoms with Gasteiger partial charge in [0.25, 0.3) is 11.8 Å². The Hall–Kier alpha value is -4.25. The van der Waals surface area contributed by atoms with E-state index in [1.54, 1.807) is 47.4 Å². The van der Waals surface area contributed by atoms with Crippen LogP contribution in [0, 0.1) is 12.7 Å². The second-order valence-electron chi connectivity index (χ2n) is 7.70. The lowest BCUT2D eigenvalue weighted by atomic mass is 10.1. The highest BCUT2D eigenvalue weighted by molar-refractivity contribution is 6.07. The Morgan fingerprint density at radius 1 is 0.788 bits per heavy atom. The minimum absolute atomic E-state index is 0.204. The lowest BCUT2D eigenvalue weighted by Crippen LogP contribution is -2.30. The van der Waals surface area contributed by atoms with Crippen molar-refractivity contribution < 1.29 is 14.0 Å². The predicted molar refractivity (Wildman–Crippen MR) is 129 cm³/mol. The molecule has 0 aliphatic carbocycles. The molecule has 4 aromatic carbocycles. The Kier molecular flexibility index (Phi) is 6.60. The van der Waals surface area contributed by atoms with Crippen LogP contribution >= 0.6 is 0 Å². The van der Waals surface area contributed by atoms with Crippen molar-refractivity contribution in [3.63, 3.8) is 0 Å². The summed E-state index contributed by atoms with van der Waals surface area (Å²) in [6.45, 7) is 2.23. The number of rotatable bonds is 6. The van der Waals surface area contributed by atoms with Crippen molar-refractivity contribution in [2.45, 2.75) is 13.5 Å². The Balaban J connectivity index is 1.55. The van der Waals surface area contributed by atoms with E-state index in [1.165, 1.54) is 12.1 Å². The SMILES string of the molecule is Cc1ccccc1C(=O)Nc1ccc(C(=O)N(Cc2ccccc2)c2ccc(F)cc2)cc1. The average molecular weight is 439 g/mol. The molecular formula is C28H23FN2O2. The molecule has 4 nitrogen and oxygen atoms in total. The monoisotopic (exact) mass is 438 g/mol. The number of carbonyl (C=O) groups excluding carboxylic acids is 2. The summed E-state index contributed by atoms with van der Waals surface area (Å²) in [6.07, 6.45) is 0. The van der Waals surface area contributed by atoms with Crippen molar-refractivity contribution in [2.24, 2.45) is 0 Å². The van der Waals surface area contributed by atoms with Gasteiger partial charge in [-0.2, -0.15) is 0 Å². The minimum Gasteiger partial charge on any atom is -0.322 e. The van der Waals surface area contributed by atoms with Crippen molar-refractivity contribution >= 4 is 23.2 Å². The zero-order valence-electron chi connectivity index (χ0n) is 18.2. The smallest absolute Gasteiger partial charge is 0.258 e. The first-order chi connectivity index (χ1) is 16.0. The first-order valence-corrected chi connectivity index (χ1v) is 10.6. The molecule has 0 aliphatic rings. The third-order valence-corrected chi connectivity index (χ3v) is 5.35. The van der Waals surface area contributed by atoms with E-state index in [0.29, 0.717) is 29.0 Å². The maximum Gasteiger partial charge on any atom is 0.258 e. The van der Waals surface area contributed by atoms with Crippen molar-refractivity contribution in [3.8, 4) is 0 Å². The van der Waals surface area contributed by atoms with Gasteiger partial charge in [-0.05, 0) is 72.6 Å².